The third kappa shape index (κ3) is 9.37. The minimum Gasteiger partial charge on any atom is -0.494 e. The molecule has 0 unspecified atom stereocenters. The minimum atomic E-state index is -1.05. The van der Waals surface area contributed by atoms with Crippen LogP contribution in [0.1, 0.15) is 90.2 Å². The van der Waals surface area contributed by atoms with E-state index in [1.54, 1.807) is 20.4 Å². The minimum absolute atomic E-state index is 0.0304. The van der Waals surface area contributed by atoms with Crippen LogP contribution in [0.25, 0.3) is 33.3 Å². The van der Waals surface area contributed by atoms with Gasteiger partial charge in [0.15, 0.2) is 0 Å². The van der Waals surface area contributed by atoms with Crippen molar-refractivity contribution in [1.29, 1.82) is 0 Å². The summed E-state index contributed by atoms with van der Waals surface area (Å²) in [6.07, 6.45) is 3.70. The fraction of sp³-hybridized carbons (Fsp3) is 0.521. The predicted molar refractivity (Wildman–Crippen MR) is 238 cm³/mol. The Hall–Kier alpha value is -5.31. The van der Waals surface area contributed by atoms with Crippen molar-refractivity contribution in [3.05, 3.63) is 71.5 Å². The molecule has 0 saturated carbocycles. The van der Waals surface area contributed by atoms with Gasteiger partial charge < -0.3 is 34.7 Å². The van der Waals surface area contributed by atoms with E-state index in [9.17, 15) is 19.2 Å². The van der Waals surface area contributed by atoms with Gasteiger partial charge in [-0.1, -0.05) is 39.8 Å². The number of benzene rings is 2. The van der Waals surface area contributed by atoms with Crippen molar-refractivity contribution in [1.82, 2.24) is 30.2 Å². The first-order valence-corrected chi connectivity index (χ1v) is 22.0. The first kappa shape index (κ1) is 44.7. The normalized spacial score (nSPS) is 23.4. The molecule has 4 N–H and O–H groups in total. The van der Waals surface area contributed by atoms with Gasteiger partial charge in [-0.2, -0.15) is 0 Å². The number of ether oxygens (including phenoxy) is 3. The topological polar surface area (TPSA) is 170 Å². The van der Waals surface area contributed by atoms with Crippen LogP contribution in [0.15, 0.2) is 54.7 Å². The second-order valence-corrected chi connectivity index (χ2v) is 18.3. The molecule has 0 aliphatic carbocycles. The number of pyridine rings is 1. The molecule has 1 saturated heterocycles. The Morgan fingerprint density at radius 3 is 2.52 bits per heavy atom. The number of nitrogens with two attached hydrogens (primary N) is 1. The number of hydrazine groups is 1. The van der Waals surface area contributed by atoms with E-state index >= 15 is 0 Å². The molecule has 5 atom stereocenters. The number of hydrogen-bond donors (Lipinski definition) is 3. The molecule has 1 fully saturated rings. The van der Waals surface area contributed by atoms with E-state index in [0.29, 0.717) is 44.5 Å². The number of carbonyl (C=O) groups excluding carboxylic acids is 4. The second-order valence-electron chi connectivity index (χ2n) is 18.3. The van der Waals surface area contributed by atoms with Crippen LogP contribution in [0.3, 0.4) is 0 Å². The molecule has 7 rings (SSSR count). The second kappa shape index (κ2) is 18.6. The summed E-state index contributed by atoms with van der Waals surface area (Å²) in [6, 6.07) is 13.3. The number of fused-ring (bicyclic) bond motifs is 7. The van der Waals surface area contributed by atoms with Crippen molar-refractivity contribution in [3.8, 4) is 28.1 Å². The van der Waals surface area contributed by atoms with E-state index in [1.807, 2.05) is 45.0 Å². The number of likely N-dealkylation sites (N-methyl/N-ethyl adjacent to an activating group) is 1. The van der Waals surface area contributed by atoms with Crippen LogP contribution in [0.4, 0.5) is 0 Å². The Bertz CT molecular complexity index is 2320. The van der Waals surface area contributed by atoms with Crippen LogP contribution >= 0.6 is 0 Å². The molecule has 3 aliphatic rings. The number of carbonyl (C=O) groups is 4. The third-order valence-corrected chi connectivity index (χ3v) is 12.6. The highest BCUT2D eigenvalue weighted by atomic mass is 16.5. The van der Waals surface area contributed by atoms with E-state index in [2.05, 4.69) is 60.3 Å². The van der Waals surface area contributed by atoms with Gasteiger partial charge in [-0.05, 0) is 104 Å². The maximum Gasteiger partial charge on any atom is 0.324 e. The molecule has 0 spiro atoms. The Morgan fingerprint density at radius 1 is 0.984 bits per heavy atom. The summed E-state index contributed by atoms with van der Waals surface area (Å²) in [6.45, 7) is 13.5. The van der Waals surface area contributed by atoms with Gasteiger partial charge in [0.2, 0.25) is 11.8 Å². The molecule has 14 nitrogen and oxygen atoms in total. The molecule has 62 heavy (non-hydrogen) atoms. The average Bonchev–Trinajstić information content (AvgIpc) is 3.55. The Morgan fingerprint density at radius 2 is 1.77 bits per heavy atom. The molecule has 14 heteroatoms. The first-order chi connectivity index (χ1) is 29.6. The van der Waals surface area contributed by atoms with Crippen molar-refractivity contribution in [2.45, 2.75) is 117 Å². The van der Waals surface area contributed by atoms with Crippen LogP contribution in [-0.2, 0) is 48.0 Å². The van der Waals surface area contributed by atoms with Gasteiger partial charge >= 0.3 is 5.97 Å². The van der Waals surface area contributed by atoms with Crippen LogP contribution in [0.5, 0.6) is 5.75 Å². The SMILES string of the molecule is CCn1c(-c2cccnc2[C@H](C)OC)c2c3cc(ccc31)-c1cc3cc(c1)OCC[C@@H](N)CC(=O)N(C)[C@@H](C(C)C)C(=O)N[C@@H](C3)C(=O)N1CCC[C@H](N1)C(=O)OCC(C)(C)C2. The Labute approximate surface area is 364 Å². The number of methoxy groups -OCH3 is 1. The van der Waals surface area contributed by atoms with Crippen molar-refractivity contribution >= 4 is 34.6 Å². The first-order valence-electron chi connectivity index (χ1n) is 22.0. The Kier molecular flexibility index (Phi) is 13.4. The van der Waals surface area contributed by atoms with Crippen molar-refractivity contribution < 1.29 is 33.4 Å². The van der Waals surface area contributed by atoms with E-state index in [-0.39, 0.29) is 44.0 Å². The number of amides is 3. The van der Waals surface area contributed by atoms with Gasteiger partial charge in [0.05, 0.1) is 30.7 Å². The van der Waals surface area contributed by atoms with Crippen LogP contribution in [0, 0.1) is 11.3 Å². The zero-order chi connectivity index (χ0) is 44.5. The maximum atomic E-state index is 14.7. The highest BCUT2D eigenvalue weighted by Gasteiger charge is 2.38. The molecule has 2 aromatic carbocycles. The molecule has 8 bridgehead atoms. The summed E-state index contributed by atoms with van der Waals surface area (Å²) in [4.78, 5) is 62.6. The summed E-state index contributed by atoms with van der Waals surface area (Å²) < 4.78 is 20.7. The fourth-order valence-electron chi connectivity index (χ4n) is 9.27. The standard InChI is InChI=1S/C48H63N7O7/c1-9-54-40-15-14-31-24-36(40)37(44(54)35-12-10-17-50-42(35)29(4)60-8)26-48(5,6)27-62-47(59)38-13-11-18-55(52-38)46(58)39-22-30-20-32(31)23-34(21-30)61-19-16-33(49)25-41(56)53(7)43(28(2)3)45(57)51-39/h10,12,14-15,17,20-21,23-24,28-29,33,38-39,43,52H,9,11,13,16,18-19,22,25-27,49H2,1-8H3,(H,51,57)/t29-,33+,38-,39-,43-/m0/s1. The largest absolute Gasteiger partial charge is 0.494 e. The number of rotatable bonds is 5. The van der Waals surface area contributed by atoms with Crippen LogP contribution in [0.2, 0.25) is 0 Å². The number of cyclic esters (lactones) is 1. The van der Waals surface area contributed by atoms with Crippen molar-refractivity contribution in [2.24, 2.45) is 17.1 Å². The van der Waals surface area contributed by atoms with E-state index < -0.39 is 47.4 Å². The summed E-state index contributed by atoms with van der Waals surface area (Å²) in [7, 11) is 3.29. The number of esters is 1. The lowest BCUT2D eigenvalue weighted by Gasteiger charge is -2.37. The third-order valence-electron chi connectivity index (χ3n) is 12.6. The highest BCUT2D eigenvalue weighted by Crippen LogP contribution is 2.42. The average molecular weight is 850 g/mol. The molecule has 2 aromatic heterocycles. The number of hydrogen-bond acceptors (Lipinski definition) is 10. The van der Waals surface area contributed by atoms with Crippen LogP contribution in [-0.4, -0.2) is 101 Å². The summed E-state index contributed by atoms with van der Waals surface area (Å²) in [5, 5.41) is 5.54. The molecular formula is C48H63N7O7. The summed E-state index contributed by atoms with van der Waals surface area (Å²) in [5.41, 5.74) is 16.7. The van der Waals surface area contributed by atoms with Crippen molar-refractivity contribution in [2.75, 3.05) is 33.9 Å². The lowest BCUT2D eigenvalue weighted by Crippen LogP contribution is -2.62. The van der Waals surface area contributed by atoms with Gasteiger partial charge in [-0.25, -0.2) is 5.43 Å². The van der Waals surface area contributed by atoms with Gasteiger partial charge in [0.1, 0.15) is 23.9 Å². The molecule has 4 aromatic rings. The van der Waals surface area contributed by atoms with Gasteiger partial charge in [-0.15, -0.1) is 0 Å². The highest BCUT2D eigenvalue weighted by molar-refractivity contribution is 5.96. The monoisotopic (exact) mass is 849 g/mol. The molecule has 3 amide bonds. The zero-order valence-electron chi connectivity index (χ0n) is 37.5. The van der Waals surface area contributed by atoms with Crippen LogP contribution < -0.4 is 21.2 Å². The van der Waals surface area contributed by atoms with Gasteiger partial charge in [-0.3, -0.25) is 29.2 Å². The summed E-state index contributed by atoms with van der Waals surface area (Å²) in [5.74, 6) is -1.25. The number of nitrogens with one attached hydrogen (secondary N) is 2. The lowest BCUT2D eigenvalue weighted by atomic mass is 9.84. The quantitative estimate of drug-likeness (QED) is 0.211. The fourth-order valence-corrected chi connectivity index (χ4v) is 9.27. The molecule has 0 radical (unpaired) electrons. The van der Waals surface area contributed by atoms with Gasteiger partial charge in [0, 0.05) is 74.2 Å². The number of aryl methyl sites for hydroxylation is 1. The lowest BCUT2D eigenvalue weighted by molar-refractivity contribution is -0.155. The molecular weight excluding hydrogens is 787 g/mol. The summed E-state index contributed by atoms with van der Waals surface area (Å²) >= 11 is 0. The predicted octanol–water partition coefficient (Wildman–Crippen LogP) is 5.73. The maximum absolute atomic E-state index is 14.7. The van der Waals surface area contributed by atoms with E-state index in [0.717, 1.165) is 50.1 Å². The Balaban J connectivity index is 1.44. The zero-order valence-corrected chi connectivity index (χ0v) is 37.5. The molecule has 5 heterocycles. The van der Waals surface area contributed by atoms with E-state index in [4.69, 9.17) is 24.9 Å². The van der Waals surface area contributed by atoms with Crippen molar-refractivity contribution in [3.63, 3.8) is 0 Å². The van der Waals surface area contributed by atoms with E-state index in [1.165, 1.54) is 9.91 Å². The molecule has 3 aliphatic heterocycles. The molecule has 332 valence electrons. The number of aromatic nitrogens is 2. The van der Waals surface area contributed by atoms with Gasteiger partial charge in [0.25, 0.3) is 5.91 Å². The number of nitrogens with zero attached hydrogens (tertiary/aromatic N) is 4. The smallest absolute Gasteiger partial charge is 0.324 e.